The average molecular weight is 441 g/mol. The summed E-state index contributed by atoms with van der Waals surface area (Å²) < 4.78 is 104. The molecule has 28 heavy (non-hydrogen) atoms. The maximum absolute atomic E-state index is 12.8. The number of anilines is 1. The summed E-state index contributed by atoms with van der Waals surface area (Å²) in [6, 6.07) is 9.86. The molecule has 1 N–H and O–H groups in total. The Bertz CT molecular complexity index is 1020. The van der Waals surface area contributed by atoms with Gasteiger partial charge in [0.2, 0.25) is 0 Å². The van der Waals surface area contributed by atoms with Crippen LogP contribution in [-0.2, 0) is 24.3 Å². The SMILES string of the molecule is Cc1ccc(S(=O)(=O)Nc2ccc(S(=O)(=O)OCC(F)(F)C(F)F)cc2)cc1. The minimum atomic E-state index is -4.73. The lowest BCUT2D eigenvalue weighted by Gasteiger charge is -2.15. The molecule has 0 aliphatic carbocycles. The van der Waals surface area contributed by atoms with Crippen LogP contribution in [0.3, 0.4) is 0 Å². The van der Waals surface area contributed by atoms with E-state index in [9.17, 15) is 34.4 Å². The van der Waals surface area contributed by atoms with Gasteiger partial charge in [0, 0.05) is 5.69 Å². The molecule has 2 aromatic rings. The van der Waals surface area contributed by atoms with Crippen LogP contribution in [0.15, 0.2) is 58.3 Å². The van der Waals surface area contributed by atoms with Crippen molar-refractivity contribution in [1.82, 2.24) is 0 Å². The van der Waals surface area contributed by atoms with Crippen molar-refractivity contribution in [2.45, 2.75) is 29.1 Å². The highest BCUT2D eigenvalue weighted by atomic mass is 32.2. The zero-order valence-electron chi connectivity index (χ0n) is 14.3. The van der Waals surface area contributed by atoms with Crippen molar-refractivity contribution < 1.29 is 38.6 Å². The van der Waals surface area contributed by atoms with Crippen molar-refractivity contribution in [2.75, 3.05) is 11.3 Å². The molecule has 0 aliphatic heterocycles. The molecule has 0 bridgehead atoms. The van der Waals surface area contributed by atoms with Crippen LogP contribution in [0, 0.1) is 6.92 Å². The third kappa shape index (κ3) is 5.42. The second kappa shape index (κ2) is 8.05. The molecule has 0 aromatic heterocycles. The summed E-state index contributed by atoms with van der Waals surface area (Å²) in [6.45, 7) is -0.239. The molecule has 0 atom stereocenters. The van der Waals surface area contributed by atoms with E-state index in [1.165, 1.54) is 12.1 Å². The van der Waals surface area contributed by atoms with Crippen molar-refractivity contribution in [3.8, 4) is 0 Å². The summed E-state index contributed by atoms with van der Waals surface area (Å²) in [4.78, 5) is -0.622. The Balaban J connectivity index is 2.13. The largest absolute Gasteiger partial charge is 0.331 e. The molecule has 0 unspecified atom stereocenters. The van der Waals surface area contributed by atoms with E-state index in [1.807, 2.05) is 0 Å². The smallest absolute Gasteiger partial charge is 0.280 e. The van der Waals surface area contributed by atoms with Crippen LogP contribution >= 0.6 is 0 Å². The summed E-state index contributed by atoms with van der Waals surface area (Å²) >= 11 is 0. The predicted molar refractivity (Wildman–Crippen MR) is 92.5 cm³/mol. The van der Waals surface area contributed by atoms with Crippen LogP contribution in [0.5, 0.6) is 0 Å². The van der Waals surface area contributed by atoms with E-state index in [2.05, 4.69) is 8.91 Å². The van der Waals surface area contributed by atoms with Gasteiger partial charge in [-0.3, -0.25) is 8.91 Å². The highest BCUT2D eigenvalue weighted by molar-refractivity contribution is 7.92. The molecule has 12 heteroatoms. The van der Waals surface area contributed by atoms with Crippen molar-refractivity contribution in [2.24, 2.45) is 0 Å². The Labute approximate surface area is 159 Å². The van der Waals surface area contributed by atoms with Crippen LogP contribution in [0.2, 0.25) is 0 Å². The number of benzene rings is 2. The van der Waals surface area contributed by atoms with Gasteiger partial charge in [-0.25, -0.2) is 17.2 Å². The highest BCUT2D eigenvalue weighted by Gasteiger charge is 2.42. The lowest BCUT2D eigenvalue weighted by atomic mass is 10.2. The molecule has 2 aromatic carbocycles. The first kappa shape index (κ1) is 22.1. The number of rotatable bonds is 8. The summed E-state index contributed by atoms with van der Waals surface area (Å²) in [6.07, 6.45) is -4.08. The monoisotopic (exact) mass is 441 g/mol. The standard InChI is InChI=1S/C16H15F4NO5S2/c1-11-2-6-13(7-3-11)27(22,23)21-12-4-8-14(9-5-12)28(24,25)26-10-16(19,20)15(17)18/h2-9,15,21H,10H2,1H3. The molecule has 6 nitrogen and oxygen atoms in total. The highest BCUT2D eigenvalue weighted by Crippen LogP contribution is 2.26. The number of nitrogens with one attached hydrogen (secondary N) is 1. The molecule has 2 rings (SSSR count). The number of halogens is 4. The van der Waals surface area contributed by atoms with Crippen LogP contribution in [0.1, 0.15) is 5.56 Å². The molecule has 0 saturated heterocycles. The number of hydrogen-bond donors (Lipinski definition) is 1. The maximum Gasteiger partial charge on any atom is 0.331 e. The number of hydrogen-bond acceptors (Lipinski definition) is 5. The van der Waals surface area contributed by atoms with Gasteiger partial charge in [-0.2, -0.15) is 17.2 Å². The summed E-state index contributed by atoms with van der Waals surface area (Å²) in [7, 11) is -8.67. The molecule has 0 heterocycles. The molecule has 0 saturated carbocycles. The van der Waals surface area contributed by atoms with Gasteiger partial charge in [0.1, 0.15) is 6.61 Å². The summed E-state index contributed by atoms with van der Waals surface area (Å²) in [5.74, 6) is -4.63. The topological polar surface area (TPSA) is 89.5 Å². The molecule has 0 aliphatic rings. The Morgan fingerprint density at radius 3 is 1.93 bits per heavy atom. The molecular formula is C16H15F4NO5S2. The van der Waals surface area contributed by atoms with E-state index < -0.39 is 44.0 Å². The third-order valence-electron chi connectivity index (χ3n) is 3.45. The minimum absolute atomic E-state index is 0.00237. The zero-order chi connectivity index (χ0) is 21.2. The molecule has 154 valence electrons. The third-order valence-corrected chi connectivity index (χ3v) is 6.13. The number of sulfonamides is 1. The van der Waals surface area contributed by atoms with Gasteiger partial charge in [-0.1, -0.05) is 17.7 Å². The molecule has 0 fully saturated rings. The van der Waals surface area contributed by atoms with Gasteiger partial charge in [-0.05, 0) is 43.3 Å². The van der Waals surface area contributed by atoms with Crippen LogP contribution < -0.4 is 4.72 Å². The molecule has 0 spiro atoms. The Kier molecular flexibility index (Phi) is 6.36. The van der Waals surface area contributed by atoms with E-state index in [-0.39, 0.29) is 10.6 Å². The molecule has 0 amide bonds. The van der Waals surface area contributed by atoms with E-state index in [4.69, 9.17) is 0 Å². The fraction of sp³-hybridized carbons (Fsp3) is 0.250. The molecule has 0 radical (unpaired) electrons. The molecular weight excluding hydrogens is 426 g/mol. The van der Waals surface area contributed by atoms with Gasteiger partial charge < -0.3 is 0 Å². The Morgan fingerprint density at radius 1 is 0.929 bits per heavy atom. The first-order valence-corrected chi connectivity index (χ1v) is 10.5. The normalized spacial score (nSPS) is 12.9. The summed E-state index contributed by atoms with van der Waals surface area (Å²) in [5.41, 5.74) is 0.850. The zero-order valence-corrected chi connectivity index (χ0v) is 15.9. The average Bonchev–Trinajstić information content (AvgIpc) is 2.60. The van der Waals surface area contributed by atoms with E-state index in [0.29, 0.717) is 0 Å². The fourth-order valence-corrected chi connectivity index (χ4v) is 3.88. The number of aryl methyl sites for hydroxylation is 1. The predicted octanol–water partition coefficient (Wildman–Crippen LogP) is 3.40. The van der Waals surface area contributed by atoms with E-state index >= 15 is 0 Å². The van der Waals surface area contributed by atoms with Gasteiger partial charge in [-0.15, -0.1) is 0 Å². The summed E-state index contributed by atoms with van der Waals surface area (Å²) in [5, 5.41) is 0. The lowest BCUT2D eigenvalue weighted by molar-refractivity contribution is -0.147. The number of alkyl halides is 4. The van der Waals surface area contributed by atoms with Crippen LogP contribution in [0.4, 0.5) is 23.2 Å². The Hall–Kier alpha value is -2.18. The van der Waals surface area contributed by atoms with Gasteiger partial charge in [0.05, 0.1) is 9.79 Å². The van der Waals surface area contributed by atoms with Gasteiger partial charge >= 0.3 is 12.3 Å². The quantitative estimate of drug-likeness (QED) is 0.501. The van der Waals surface area contributed by atoms with Gasteiger partial charge in [0.15, 0.2) is 0 Å². The lowest BCUT2D eigenvalue weighted by Crippen LogP contribution is -2.33. The van der Waals surface area contributed by atoms with Crippen LogP contribution in [-0.4, -0.2) is 35.8 Å². The van der Waals surface area contributed by atoms with Crippen molar-refractivity contribution in [3.05, 3.63) is 54.1 Å². The van der Waals surface area contributed by atoms with E-state index in [1.54, 1.807) is 19.1 Å². The van der Waals surface area contributed by atoms with E-state index in [0.717, 1.165) is 29.8 Å². The fourth-order valence-electron chi connectivity index (χ4n) is 1.91. The second-order valence-corrected chi connectivity index (χ2v) is 9.02. The maximum atomic E-state index is 12.8. The van der Waals surface area contributed by atoms with Crippen molar-refractivity contribution in [3.63, 3.8) is 0 Å². The first-order valence-electron chi connectivity index (χ1n) is 7.58. The minimum Gasteiger partial charge on any atom is -0.280 e. The first-order chi connectivity index (χ1) is 12.8. The Morgan fingerprint density at radius 2 is 1.43 bits per heavy atom. The van der Waals surface area contributed by atoms with Crippen molar-refractivity contribution >= 4 is 25.8 Å². The van der Waals surface area contributed by atoms with Crippen molar-refractivity contribution in [1.29, 1.82) is 0 Å². The van der Waals surface area contributed by atoms with Gasteiger partial charge in [0.25, 0.3) is 20.1 Å². The van der Waals surface area contributed by atoms with Crippen LogP contribution in [0.25, 0.3) is 0 Å². The second-order valence-electron chi connectivity index (χ2n) is 5.72.